The number of nitrogens with zero attached hydrogens (tertiary/aromatic N) is 1. The van der Waals surface area contributed by atoms with E-state index in [2.05, 4.69) is 12.1 Å². The summed E-state index contributed by atoms with van der Waals surface area (Å²) in [5.41, 5.74) is 3.05. The van der Waals surface area contributed by atoms with Crippen LogP contribution < -0.4 is 0 Å². The second-order valence-electron chi connectivity index (χ2n) is 3.17. The fraction of sp³-hybridized carbons (Fsp3) is 0.182. The van der Waals surface area contributed by atoms with Gasteiger partial charge in [0.05, 0.1) is 5.56 Å². The zero-order valence-electron chi connectivity index (χ0n) is 7.67. The molecule has 70 valence electrons. The van der Waals surface area contributed by atoms with Crippen molar-refractivity contribution < 1.29 is 0 Å². The molecule has 1 aromatic heterocycles. The van der Waals surface area contributed by atoms with Gasteiger partial charge in [0.2, 0.25) is 0 Å². The van der Waals surface area contributed by atoms with Gasteiger partial charge in [-0.05, 0) is 30.2 Å². The first kappa shape index (κ1) is 9.51. The first-order valence-electron chi connectivity index (χ1n) is 4.23. The highest BCUT2D eigenvalue weighted by Gasteiger charge is 2.06. The van der Waals surface area contributed by atoms with Gasteiger partial charge < -0.3 is 0 Å². The SMILES string of the molecule is Cc1cc2scc(C#N)c2cc1CCl. The van der Waals surface area contributed by atoms with E-state index in [0.717, 1.165) is 21.2 Å². The third-order valence-corrected chi connectivity index (χ3v) is 3.53. The van der Waals surface area contributed by atoms with Crippen molar-refractivity contribution in [2.24, 2.45) is 0 Å². The molecule has 2 aromatic rings. The maximum absolute atomic E-state index is 8.88. The van der Waals surface area contributed by atoms with Crippen molar-refractivity contribution in [2.75, 3.05) is 0 Å². The minimum Gasteiger partial charge on any atom is -0.192 e. The van der Waals surface area contributed by atoms with Crippen molar-refractivity contribution in [1.29, 1.82) is 5.26 Å². The van der Waals surface area contributed by atoms with Gasteiger partial charge in [0.25, 0.3) is 0 Å². The standard InChI is InChI=1S/C11H8ClNS/c1-7-2-11-10(3-8(7)4-12)9(5-13)6-14-11/h2-3,6H,4H2,1H3. The van der Waals surface area contributed by atoms with E-state index in [-0.39, 0.29) is 0 Å². The van der Waals surface area contributed by atoms with Crippen LogP contribution in [0.4, 0.5) is 0 Å². The van der Waals surface area contributed by atoms with Crippen LogP contribution in [0.25, 0.3) is 10.1 Å². The minimum atomic E-state index is 0.502. The molecule has 3 heteroatoms. The molecule has 0 bridgehead atoms. The van der Waals surface area contributed by atoms with Crippen LogP contribution in [-0.4, -0.2) is 0 Å². The van der Waals surface area contributed by atoms with Gasteiger partial charge in [-0.1, -0.05) is 0 Å². The summed E-state index contributed by atoms with van der Waals surface area (Å²) in [6, 6.07) is 6.30. The summed E-state index contributed by atoms with van der Waals surface area (Å²) >= 11 is 7.42. The molecule has 0 unspecified atom stereocenters. The van der Waals surface area contributed by atoms with Gasteiger partial charge in [0.1, 0.15) is 6.07 Å². The van der Waals surface area contributed by atoms with Crippen LogP contribution in [0, 0.1) is 18.3 Å². The van der Waals surface area contributed by atoms with Crippen LogP contribution in [-0.2, 0) is 5.88 Å². The number of benzene rings is 1. The van der Waals surface area contributed by atoms with Crippen molar-refractivity contribution >= 4 is 33.0 Å². The highest BCUT2D eigenvalue weighted by atomic mass is 35.5. The lowest BCUT2D eigenvalue weighted by Gasteiger charge is -2.01. The van der Waals surface area contributed by atoms with Crippen LogP contribution >= 0.6 is 22.9 Å². The smallest absolute Gasteiger partial charge is 0.101 e. The molecule has 0 aliphatic carbocycles. The summed E-state index contributed by atoms with van der Waals surface area (Å²) < 4.78 is 1.16. The van der Waals surface area contributed by atoms with Crippen LogP contribution in [0.5, 0.6) is 0 Å². The molecule has 1 heterocycles. The molecule has 0 saturated carbocycles. The highest BCUT2D eigenvalue weighted by molar-refractivity contribution is 7.17. The van der Waals surface area contributed by atoms with E-state index in [0.29, 0.717) is 5.88 Å². The van der Waals surface area contributed by atoms with E-state index in [1.807, 2.05) is 18.4 Å². The van der Waals surface area contributed by atoms with Crippen LogP contribution in [0.2, 0.25) is 0 Å². The molecule has 1 nitrogen and oxygen atoms in total. The first-order valence-corrected chi connectivity index (χ1v) is 5.64. The number of hydrogen-bond acceptors (Lipinski definition) is 2. The lowest BCUT2D eigenvalue weighted by molar-refractivity contribution is 1.32. The van der Waals surface area contributed by atoms with Crippen LogP contribution in [0.15, 0.2) is 17.5 Å². The summed E-state index contributed by atoms with van der Waals surface area (Å²) in [5, 5.41) is 11.8. The molecule has 0 aliphatic heterocycles. The van der Waals surface area contributed by atoms with E-state index in [1.165, 1.54) is 5.56 Å². The van der Waals surface area contributed by atoms with E-state index in [9.17, 15) is 0 Å². The van der Waals surface area contributed by atoms with Gasteiger partial charge in [-0.2, -0.15) is 5.26 Å². The number of rotatable bonds is 1. The van der Waals surface area contributed by atoms with Crippen molar-refractivity contribution in [3.8, 4) is 6.07 Å². The Hall–Kier alpha value is -1.04. The molecule has 2 rings (SSSR count). The number of halogens is 1. The second-order valence-corrected chi connectivity index (χ2v) is 4.35. The van der Waals surface area contributed by atoms with Crippen LogP contribution in [0.3, 0.4) is 0 Å². The maximum Gasteiger partial charge on any atom is 0.101 e. The van der Waals surface area contributed by atoms with Gasteiger partial charge in [-0.3, -0.25) is 0 Å². The number of thiophene rings is 1. The third kappa shape index (κ3) is 1.39. The van der Waals surface area contributed by atoms with Crippen molar-refractivity contribution in [3.63, 3.8) is 0 Å². The molecule has 0 radical (unpaired) electrons. The Labute approximate surface area is 91.5 Å². The molecule has 0 aliphatic rings. The lowest BCUT2D eigenvalue weighted by Crippen LogP contribution is -1.84. The molecule has 0 atom stereocenters. The quantitative estimate of drug-likeness (QED) is 0.672. The van der Waals surface area contributed by atoms with Crippen molar-refractivity contribution in [2.45, 2.75) is 12.8 Å². The van der Waals surface area contributed by atoms with E-state index >= 15 is 0 Å². The molecule has 0 fully saturated rings. The average Bonchev–Trinajstić information content (AvgIpc) is 2.58. The summed E-state index contributed by atoms with van der Waals surface area (Å²) in [5.74, 6) is 0.502. The predicted molar refractivity (Wildman–Crippen MR) is 60.8 cm³/mol. The Morgan fingerprint density at radius 3 is 2.93 bits per heavy atom. The van der Waals surface area contributed by atoms with E-state index < -0.39 is 0 Å². The highest BCUT2D eigenvalue weighted by Crippen LogP contribution is 2.28. The average molecular weight is 222 g/mol. The number of alkyl halides is 1. The summed E-state index contributed by atoms with van der Waals surface area (Å²) in [7, 11) is 0. The summed E-state index contributed by atoms with van der Waals surface area (Å²) in [6.45, 7) is 2.04. The Morgan fingerprint density at radius 1 is 1.50 bits per heavy atom. The van der Waals surface area contributed by atoms with E-state index in [1.54, 1.807) is 11.3 Å². The van der Waals surface area contributed by atoms with Gasteiger partial charge in [0, 0.05) is 21.3 Å². The monoisotopic (exact) mass is 221 g/mol. The zero-order chi connectivity index (χ0) is 10.1. The molecule has 14 heavy (non-hydrogen) atoms. The largest absolute Gasteiger partial charge is 0.192 e. The zero-order valence-corrected chi connectivity index (χ0v) is 9.25. The molecule has 0 N–H and O–H groups in total. The normalized spacial score (nSPS) is 10.4. The number of hydrogen-bond donors (Lipinski definition) is 0. The second kappa shape index (κ2) is 3.61. The number of nitriles is 1. The first-order chi connectivity index (χ1) is 6.76. The number of fused-ring (bicyclic) bond motifs is 1. The fourth-order valence-electron chi connectivity index (χ4n) is 1.45. The Kier molecular flexibility index (Phi) is 2.45. The summed E-state index contributed by atoms with van der Waals surface area (Å²) in [6.07, 6.45) is 0. The molecular formula is C11H8ClNS. The fourth-order valence-corrected chi connectivity index (χ4v) is 2.70. The van der Waals surface area contributed by atoms with Gasteiger partial charge in [-0.15, -0.1) is 22.9 Å². The minimum absolute atomic E-state index is 0.502. The molecule has 0 amide bonds. The Balaban J connectivity index is 2.78. The molecule has 1 aromatic carbocycles. The van der Waals surface area contributed by atoms with Crippen molar-refractivity contribution in [1.82, 2.24) is 0 Å². The molecule has 0 spiro atoms. The van der Waals surface area contributed by atoms with Gasteiger partial charge in [-0.25, -0.2) is 0 Å². The van der Waals surface area contributed by atoms with Crippen molar-refractivity contribution in [3.05, 3.63) is 34.2 Å². The Bertz CT molecular complexity index is 522. The van der Waals surface area contributed by atoms with Gasteiger partial charge in [0.15, 0.2) is 0 Å². The topological polar surface area (TPSA) is 23.8 Å². The van der Waals surface area contributed by atoms with Gasteiger partial charge >= 0.3 is 0 Å². The lowest BCUT2D eigenvalue weighted by atomic mass is 10.1. The molecule has 0 saturated heterocycles. The molecular weight excluding hydrogens is 214 g/mol. The predicted octanol–water partition coefficient (Wildman–Crippen LogP) is 3.82. The summed E-state index contributed by atoms with van der Waals surface area (Å²) in [4.78, 5) is 0. The number of aryl methyl sites for hydroxylation is 1. The van der Waals surface area contributed by atoms with Crippen LogP contribution in [0.1, 0.15) is 16.7 Å². The Morgan fingerprint density at radius 2 is 2.29 bits per heavy atom. The third-order valence-electron chi connectivity index (χ3n) is 2.30. The van der Waals surface area contributed by atoms with E-state index in [4.69, 9.17) is 16.9 Å². The maximum atomic E-state index is 8.88.